The Balaban J connectivity index is 0.00000352. The van der Waals surface area contributed by atoms with Crippen molar-refractivity contribution in [1.82, 2.24) is 45.0 Å². The van der Waals surface area contributed by atoms with Crippen LogP contribution in [0.1, 0.15) is 90.5 Å². The summed E-state index contributed by atoms with van der Waals surface area (Å²) in [6.45, 7) is 16.2. The van der Waals surface area contributed by atoms with Crippen LogP contribution in [0.5, 0.6) is 5.75 Å². The fourth-order valence-electron chi connectivity index (χ4n) is 10.1. The molecule has 4 aromatic rings. The van der Waals surface area contributed by atoms with E-state index in [-0.39, 0.29) is 109 Å². The molecule has 4 atom stereocenters. The van der Waals surface area contributed by atoms with E-state index in [9.17, 15) is 29.1 Å². The van der Waals surface area contributed by atoms with Crippen molar-refractivity contribution in [2.75, 3.05) is 53.9 Å². The Morgan fingerprint density at radius 1 is 0.986 bits per heavy atom. The molecule has 20 heteroatoms. The van der Waals surface area contributed by atoms with E-state index in [1.165, 1.54) is 9.91 Å². The van der Waals surface area contributed by atoms with Gasteiger partial charge >= 0.3 is 5.97 Å². The van der Waals surface area contributed by atoms with Gasteiger partial charge in [0.25, 0.3) is 11.8 Å². The zero-order valence-corrected chi connectivity index (χ0v) is 47.9. The first-order valence-electron chi connectivity index (χ1n) is 24.3. The highest BCUT2D eigenvalue weighted by atomic mass is 32.1. The number of rotatable bonds is 9. The number of phenolic OH excluding ortho intramolecular Hbond substituents is 1. The Kier molecular flexibility index (Phi) is 22.7. The molecular formula is C53H77N9O7S4. The molecule has 5 heterocycles. The lowest BCUT2D eigenvalue weighted by atomic mass is 9.84. The van der Waals surface area contributed by atoms with Gasteiger partial charge in [-0.25, -0.2) is 15.4 Å². The van der Waals surface area contributed by atoms with Gasteiger partial charge in [0.05, 0.1) is 30.5 Å². The highest BCUT2D eigenvalue weighted by Crippen LogP contribution is 2.42. The lowest BCUT2D eigenvalue weighted by Gasteiger charge is -2.37. The number of benzene rings is 2. The second-order valence-corrected chi connectivity index (χ2v) is 20.6. The molecule has 0 aliphatic carbocycles. The monoisotopic (exact) mass is 1080 g/mol. The molecule has 2 fully saturated rings. The number of nitrogens with one attached hydrogen (secondary N) is 2. The third kappa shape index (κ3) is 14.3. The van der Waals surface area contributed by atoms with Gasteiger partial charge in [-0.15, -0.1) is 0 Å². The van der Waals surface area contributed by atoms with E-state index < -0.39 is 47.2 Å². The zero-order chi connectivity index (χ0) is 49.9. The number of fused-ring (bicyclic) bond motifs is 6. The summed E-state index contributed by atoms with van der Waals surface area (Å²) in [5, 5.41) is 16.8. The number of ether oxygens (including phenoxy) is 1. The SMILES string of the molecule is CCn1c(-c2cncnc2C(C)C)c2c3cc(ccc31)-c1cc(O)cc(c1)C[C@H](NC(=O)[C@H](C(C)C)N(C)C(=O)[C@H]1CCN(C(=O)C#CCN(C)C)C1)C(=O)N1CCC[C@H](N1)C(=O)OCC(C)(C)C2.S.S.S.S. The number of cyclic esters (lactones) is 1. The minimum Gasteiger partial charge on any atom is -0.508 e. The van der Waals surface area contributed by atoms with Crippen LogP contribution in [0.25, 0.3) is 33.3 Å². The highest BCUT2D eigenvalue weighted by molar-refractivity contribution is 7.59. The molecule has 6 bridgehead atoms. The lowest BCUT2D eigenvalue weighted by Crippen LogP contribution is -2.62. The number of hydrazine groups is 1. The number of phenols is 1. The van der Waals surface area contributed by atoms with E-state index in [4.69, 9.17) is 9.72 Å². The summed E-state index contributed by atoms with van der Waals surface area (Å²) in [4.78, 5) is 84.4. The van der Waals surface area contributed by atoms with Crippen LogP contribution in [0.4, 0.5) is 0 Å². The molecule has 3 N–H and O–H groups in total. The zero-order valence-electron chi connectivity index (χ0n) is 43.9. The Morgan fingerprint density at radius 3 is 2.38 bits per heavy atom. The van der Waals surface area contributed by atoms with Gasteiger partial charge in [0.2, 0.25) is 11.8 Å². The third-order valence-electron chi connectivity index (χ3n) is 13.5. The molecule has 7 rings (SSSR count). The molecule has 0 saturated carbocycles. The van der Waals surface area contributed by atoms with Gasteiger partial charge in [-0.3, -0.25) is 33.9 Å². The predicted molar refractivity (Wildman–Crippen MR) is 306 cm³/mol. The number of likely N-dealkylation sites (N-methyl/N-ethyl adjacent to an activating group) is 1. The van der Waals surface area contributed by atoms with Crippen LogP contribution in [-0.2, 0) is 48.1 Å². The number of nitrogens with zero attached hydrogens (tertiary/aromatic N) is 7. The molecule has 400 valence electrons. The number of esters is 1. The van der Waals surface area contributed by atoms with E-state index >= 15 is 0 Å². The first kappa shape index (κ1) is 62.4. The van der Waals surface area contributed by atoms with Gasteiger partial charge in [0.1, 0.15) is 30.2 Å². The maximum Gasteiger partial charge on any atom is 0.324 e. The molecule has 0 spiro atoms. The number of carbonyl (C=O) groups is 5. The van der Waals surface area contributed by atoms with Gasteiger partial charge in [-0.2, -0.15) is 54.0 Å². The molecule has 2 aromatic carbocycles. The summed E-state index contributed by atoms with van der Waals surface area (Å²) < 4.78 is 8.40. The molecule has 3 aliphatic rings. The van der Waals surface area contributed by atoms with Gasteiger partial charge in [0, 0.05) is 67.7 Å². The summed E-state index contributed by atoms with van der Waals surface area (Å²) in [7, 11) is 5.32. The first-order valence-corrected chi connectivity index (χ1v) is 24.3. The van der Waals surface area contributed by atoms with E-state index in [0.717, 1.165) is 44.5 Å². The van der Waals surface area contributed by atoms with Gasteiger partial charge < -0.3 is 29.5 Å². The van der Waals surface area contributed by atoms with Crippen molar-refractivity contribution < 1.29 is 33.8 Å². The number of aromatic hydroxyl groups is 1. The third-order valence-corrected chi connectivity index (χ3v) is 13.5. The number of carbonyl (C=O) groups excluding carboxylic acids is 5. The van der Waals surface area contributed by atoms with Crippen LogP contribution in [0.15, 0.2) is 48.9 Å². The van der Waals surface area contributed by atoms with Gasteiger partial charge in [-0.05, 0) is 111 Å². The molecule has 0 radical (unpaired) electrons. The average molecular weight is 1080 g/mol. The molecule has 2 saturated heterocycles. The first-order chi connectivity index (χ1) is 32.8. The number of aromatic nitrogens is 3. The van der Waals surface area contributed by atoms with Crippen LogP contribution in [0.2, 0.25) is 0 Å². The fraction of sp³-hybridized carbons (Fsp3) is 0.528. The molecule has 4 amide bonds. The number of aryl methyl sites for hydroxylation is 1. The van der Waals surface area contributed by atoms with Gasteiger partial charge in [-0.1, -0.05) is 59.6 Å². The summed E-state index contributed by atoms with van der Waals surface area (Å²) in [6, 6.07) is 8.50. The Hall–Kier alpha value is -4.91. The molecule has 0 unspecified atom stereocenters. The highest BCUT2D eigenvalue weighted by Gasteiger charge is 2.40. The standard InChI is InChI=1S/C53H69N9O7.4H2S/c1-11-61-44-17-16-35-26-39(44)40(48(61)41-28-54-31-55-46(41)32(2)3)27-53(6,7)30-69-52(68)42-14-12-20-62(57-42)51(67)43(24-34-22-37(35)25-38(63)23-34)56-49(65)47(33(4)5)59(10)50(66)36-18-21-60(29-36)45(64)15-13-19-58(8)9;;;;/h16-17,22-23,25-26,28,31-33,36,42-43,47,57,63H,11-12,14,18-21,24,27,29-30H2,1-10H3,(H,56,65);4*1H2/t36-,42-,43-,47-;;;;/m0..../s1. The van der Waals surface area contributed by atoms with E-state index in [1.54, 1.807) is 30.4 Å². The Labute approximate surface area is 458 Å². The number of likely N-dealkylation sites (tertiary alicyclic amines) is 1. The lowest BCUT2D eigenvalue weighted by molar-refractivity contribution is -0.155. The van der Waals surface area contributed by atoms with Crippen LogP contribution < -0.4 is 10.7 Å². The molecule has 2 aromatic heterocycles. The largest absolute Gasteiger partial charge is 0.508 e. The normalized spacial score (nSPS) is 19.0. The Morgan fingerprint density at radius 2 is 1.71 bits per heavy atom. The van der Waals surface area contributed by atoms with Crippen molar-refractivity contribution in [3.05, 3.63) is 65.7 Å². The van der Waals surface area contributed by atoms with Crippen molar-refractivity contribution in [2.24, 2.45) is 17.3 Å². The smallest absolute Gasteiger partial charge is 0.324 e. The van der Waals surface area contributed by atoms with Crippen molar-refractivity contribution in [2.45, 2.75) is 111 Å². The quantitative estimate of drug-likeness (QED) is 0.140. The Bertz CT molecular complexity index is 2680. The maximum atomic E-state index is 14.8. The summed E-state index contributed by atoms with van der Waals surface area (Å²) in [5.74, 6) is 2.63. The van der Waals surface area contributed by atoms with Crippen molar-refractivity contribution in [1.29, 1.82) is 0 Å². The molecular weight excluding hydrogens is 1000 g/mol. The molecule has 16 nitrogen and oxygen atoms in total. The van der Waals surface area contributed by atoms with E-state index in [0.29, 0.717) is 50.9 Å². The average Bonchev–Trinajstić information content (AvgIpc) is 3.92. The fourth-order valence-corrected chi connectivity index (χ4v) is 10.1. The topological polar surface area (TPSA) is 183 Å². The maximum absolute atomic E-state index is 14.8. The number of amides is 4. The molecule has 73 heavy (non-hydrogen) atoms. The van der Waals surface area contributed by atoms with Crippen LogP contribution in [0, 0.1) is 29.1 Å². The molecule has 3 aliphatic heterocycles. The van der Waals surface area contributed by atoms with Crippen LogP contribution >= 0.6 is 54.0 Å². The number of hydrogen-bond acceptors (Lipinski definition) is 11. The summed E-state index contributed by atoms with van der Waals surface area (Å²) in [6.07, 6.45) is 5.38. The van der Waals surface area contributed by atoms with Gasteiger partial charge in [0.15, 0.2) is 0 Å². The predicted octanol–water partition coefficient (Wildman–Crippen LogP) is 5.61. The summed E-state index contributed by atoms with van der Waals surface area (Å²) >= 11 is 0. The van der Waals surface area contributed by atoms with E-state index in [1.807, 2.05) is 51.2 Å². The minimum atomic E-state index is -1.17. The second-order valence-electron chi connectivity index (χ2n) is 20.6. The van der Waals surface area contributed by atoms with Crippen LogP contribution in [0.3, 0.4) is 0 Å². The second kappa shape index (κ2) is 26.5. The van der Waals surface area contributed by atoms with Crippen molar-refractivity contribution >= 4 is 94.5 Å². The van der Waals surface area contributed by atoms with Crippen molar-refractivity contribution in [3.8, 4) is 40.0 Å². The number of hydrogen-bond donors (Lipinski definition) is 3. The van der Waals surface area contributed by atoms with Crippen molar-refractivity contribution in [3.63, 3.8) is 0 Å². The minimum absolute atomic E-state index is 0. The van der Waals surface area contributed by atoms with E-state index in [2.05, 4.69) is 78.9 Å². The summed E-state index contributed by atoms with van der Waals surface area (Å²) in [5.41, 5.74) is 9.68. The van der Waals surface area contributed by atoms with Crippen LogP contribution in [-0.4, -0.2) is 141 Å².